The molecule has 0 amide bonds. The Morgan fingerprint density at radius 2 is 1.90 bits per heavy atom. The van der Waals surface area contributed by atoms with Crippen LogP contribution < -0.4 is 5.32 Å². The third-order valence-electron chi connectivity index (χ3n) is 3.36. The first-order valence-electron chi connectivity index (χ1n) is 7.19. The Bertz CT molecular complexity index is 641. The highest BCUT2D eigenvalue weighted by Gasteiger charge is 2.22. The lowest BCUT2D eigenvalue weighted by molar-refractivity contribution is 0.584. The molecule has 2 aromatic rings. The normalized spacial score (nSPS) is 13.3. The number of thiazole rings is 1. The van der Waals surface area contributed by atoms with Crippen LogP contribution in [-0.2, 0) is 5.41 Å². The lowest BCUT2D eigenvalue weighted by Gasteiger charge is -2.16. The lowest BCUT2D eigenvalue weighted by Crippen LogP contribution is -2.10. The fourth-order valence-corrected chi connectivity index (χ4v) is 3.29. The number of nitrogens with one attached hydrogen (secondary N) is 1. The van der Waals surface area contributed by atoms with E-state index in [2.05, 4.69) is 31.1 Å². The Morgan fingerprint density at radius 1 is 1.24 bits per heavy atom. The third-order valence-corrected chi connectivity index (χ3v) is 5.13. The molecule has 1 heterocycles. The van der Waals surface area contributed by atoms with Crippen LogP contribution in [0, 0.1) is 19.7 Å². The highest BCUT2D eigenvalue weighted by Crippen LogP contribution is 2.34. The van der Waals surface area contributed by atoms with Crippen molar-refractivity contribution in [2.75, 3.05) is 5.32 Å². The van der Waals surface area contributed by atoms with E-state index in [-0.39, 0.29) is 17.3 Å². The van der Waals surface area contributed by atoms with Crippen LogP contribution in [0.1, 0.15) is 54.9 Å². The second-order valence-electron chi connectivity index (χ2n) is 6.57. The number of hydrogen-bond donors (Lipinski definition) is 1. The van der Waals surface area contributed by atoms with Gasteiger partial charge in [-0.3, -0.25) is 0 Å². The van der Waals surface area contributed by atoms with Gasteiger partial charge in [0.2, 0.25) is 0 Å². The van der Waals surface area contributed by atoms with Crippen LogP contribution in [0.25, 0.3) is 0 Å². The van der Waals surface area contributed by atoms with Crippen molar-refractivity contribution < 1.29 is 4.39 Å². The van der Waals surface area contributed by atoms with E-state index in [1.165, 1.54) is 4.88 Å². The quantitative estimate of drug-likeness (QED) is 0.824. The standard InChI is InChI=1S/C17H23FN2S/c1-10-7-8-14(13(18)9-10)19-11(2)15-12(3)20-16(21-15)17(4,5)6/h7-9,11,19H,1-6H3. The van der Waals surface area contributed by atoms with E-state index in [0.717, 1.165) is 16.3 Å². The Balaban J connectivity index is 2.24. The molecular weight excluding hydrogens is 283 g/mol. The van der Waals surface area contributed by atoms with E-state index in [4.69, 9.17) is 0 Å². The van der Waals surface area contributed by atoms with Gasteiger partial charge in [0.1, 0.15) is 5.82 Å². The maximum atomic E-state index is 13.9. The second kappa shape index (κ2) is 5.76. The van der Waals surface area contributed by atoms with Crippen LogP contribution in [0.15, 0.2) is 18.2 Å². The minimum Gasteiger partial charge on any atom is -0.375 e. The predicted octanol–water partition coefficient (Wildman–Crippen LogP) is 5.37. The van der Waals surface area contributed by atoms with E-state index in [0.29, 0.717) is 5.69 Å². The van der Waals surface area contributed by atoms with Crippen molar-refractivity contribution in [1.29, 1.82) is 0 Å². The monoisotopic (exact) mass is 306 g/mol. The van der Waals surface area contributed by atoms with Crippen molar-refractivity contribution >= 4 is 17.0 Å². The molecule has 0 saturated heterocycles. The smallest absolute Gasteiger partial charge is 0.146 e. The van der Waals surface area contributed by atoms with Crippen LogP contribution in [0.5, 0.6) is 0 Å². The van der Waals surface area contributed by atoms with E-state index in [1.54, 1.807) is 23.5 Å². The van der Waals surface area contributed by atoms with Gasteiger partial charge in [-0.2, -0.15) is 0 Å². The molecule has 0 bridgehead atoms. The van der Waals surface area contributed by atoms with Gasteiger partial charge in [0, 0.05) is 10.3 Å². The lowest BCUT2D eigenvalue weighted by atomic mass is 9.98. The fraction of sp³-hybridized carbons (Fsp3) is 0.471. The molecule has 0 saturated carbocycles. The molecule has 0 aliphatic heterocycles. The highest BCUT2D eigenvalue weighted by atomic mass is 32.1. The predicted molar refractivity (Wildman–Crippen MR) is 88.7 cm³/mol. The van der Waals surface area contributed by atoms with Crippen molar-refractivity contribution in [1.82, 2.24) is 4.98 Å². The summed E-state index contributed by atoms with van der Waals surface area (Å²) in [7, 11) is 0. The molecule has 0 aliphatic rings. The van der Waals surface area contributed by atoms with E-state index in [1.807, 2.05) is 26.8 Å². The van der Waals surface area contributed by atoms with Crippen molar-refractivity contribution in [2.24, 2.45) is 0 Å². The number of anilines is 1. The Hall–Kier alpha value is -1.42. The third kappa shape index (κ3) is 3.62. The molecule has 0 fully saturated rings. The Kier molecular flexibility index (Phi) is 4.38. The summed E-state index contributed by atoms with van der Waals surface area (Å²) in [6, 6.07) is 5.30. The van der Waals surface area contributed by atoms with Crippen LogP contribution in [0.3, 0.4) is 0 Å². The summed E-state index contributed by atoms with van der Waals surface area (Å²) < 4.78 is 13.9. The average molecular weight is 306 g/mol. The van der Waals surface area contributed by atoms with Crippen molar-refractivity contribution in [2.45, 2.75) is 53.0 Å². The average Bonchev–Trinajstić information content (AvgIpc) is 2.75. The molecule has 1 aromatic carbocycles. The summed E-state index contributed by atoms with van der Waals surface area (Å²) in [5, 5.41) is 4.37. The SMILES string of the molecule is Cc1ccc(NC(C)c2sc(C(C)(C)C)nc2C)c(F)c1. The highest BCUT2D eigenvalue weighted by molar-refractivity contribution is 7.12. The molecule has 1 aromatic heterocycles. The van der Waals surface area contributed by atoms with Gasteiger partial charge in [-0.15, -0.1) is 11.3 Å². The molecule has 2 nitrogen and oxygen atoms in total. The van der Waals surface area contributed by atoms with Gasteiger partial charge < -0.3 is 5.32 Å². The van der Waals surface area contributed by atoms with Crippen molar-refractivity contribution in [3.8, 4) is 0 Å². The maximum absolute atomic E-state index is 13.9. The summed E-state index contributed by atoms with van der Waals surface area (Å²) in [6.07, 6.45) is 0. The molecule has 1 atom stereocenters. The number of aryl methyl sites for hydroxylation is 2. The van der Waals surface area contributed by atoms with E-state index >= 15 is 0 Å². The van der Waals surface area contributed by atoms with Gasteiger partial charge in [-0.25, -0.2) is 9.37 Å². The number of benzene rings is 1. The number of nitrogens with zero attached hydrogens (tertiary/aromatic N) is 1. The molecule has 21 heavy (non-hydrogen) atoms. The van der Waals surface area contributed by atoms with Crippen molar-refractivity contribution in [3.05, 3.63) is 45.2 Å². The molecule has 0 spiro atoms. The molecule has 1 unspecified atom stereocenters. The fourth-order valence-electron chi connectivity index (χ4n) is 2.17. The van der Waals surface area contributed by atoms with Crippen LogP contribution in [-0.4, -0.2) is 4.98 Å². The summed E-state index contributed by atoms with van der Waals surface area (Å²) >= 11 is 1.71. The van der Waals surface area contributed by atoms with Gasteiger partial charge in [0.15, 0.2) is 0 Å². The first kappa shape index (κ1) is 16.0. The zero-order chi connectivity index (χ0) is 15.8. The van der Waals surface area contributed by atoms with Crippen LogP contribution in [0.4, 0.5) is 10.1 Å². The molecule has 114 valence electrons. The second-order valence-corrected chi connectivity index (χ2v) is 7.60. The first-order valence-corrected chi connectivity index (χ1v) is 8.00. The van der Waals surface area contributed by atoms with Gasteiger partial charge in [0.25, 0.3) is 0 Å². The minimum absolute atomic E-state index is 0.0378. The zero-order valence-electron chi connectivity index (χ0n) is 13.5. The minimum atomic E-state index is -0.208. The molecule has 0 aliphatic carbocycles. The van der Waals surface area contributed by atoms with Crippen LogP contribution in [0.2, 0.25) is 0 Å². The first-order chi connectivity index (χ1) is 9.68. The molecule has 0 radical (unpaired) electrons. The number of halogens is 1. The zero-order valence-corrected chi connectivity index (χ0v) is 14.4. The number of hydrogen-bond acceptors (Lipinski definition) is 3. The Morgan fingerprint density at radius 3 is 2.43 bits per heavy atom. The number of rotatable bonds is 3. The van der Waals surface area contributed by atoms with E-state index < -0.39 is 0 Å². The summed E-state index contributed by atoms with van der Waals surface area (Å²) in [5.74, 6) is -0.208. The molecule has 4 heteroatoms. The largest absolute Gasteiger partial charge is 0.375 e. The van der Waals surface area contributed by atoms with Gasteiger partial charge >= 0.3 is 0 Å². The molecular formula is C17H23FN2S. The van der Waals surface area contributed by atoms with Gasteiger partial charge in [0.05, 0.1) is 22.4 Å². The summed E-state index contributed by atoms with van der Waals surface area (Å²) in [6.45, 7) is 12.4. The summed E-state index contributed by atoms with van der Waals surface area (Å²) in [5.41, 5.74) is 2.54. The summed E-state index contributed by atoms with van der Waals surface area (Å²) in [4.78, 5) is 5.83. The number of aromatic nitrogens is 1. The maximum Gasteiger partial charge on any atom is 0.146 e. The Labute approximate surface area is 130 Å². The van der Waals surface area contributed by atoms with Crippen LogP contribution >= 0.6 is 11.3 Å². The topological polar surface area (TPSA) is 24.9 Å². The van der Waals surface area contributed by atoms with Crippen molar-refractivity contribution in [3.63, 3.8) is 0 Å². The van der Waals surface area contributed by atoms with Gasteiger partial charge in [-0.05, 0) is 38.5 Å². The molecule has 1 N–H and O–H groups in total. The van der Waals surface area contributed by atoms with E-state index in [9.17, 15) is 4.39 Å². The van der Waals surface area contributed by atoms with Gasteiger partial charge in [-0.1, -0.05) is 26.8 Å². The molecule has 2 rings (SSSR count).